The van der Waals surface area contributed by atoms with Gasteiger partial charge in [0.15, 0.2) is 0 Å². The topological polar surface area (TPSA) is 105 Å². The van der Waals surface area contributed by atoms with Gasteiger partial charge in [-0.1, -0.05) is 24.3 Å². The average molecular weight is 807 g/mol. The van der Waals surface area contributed by atoms with E-state index in [1.807, 2.05) is 47.2 Å². The van der Waals surface area contributed by atoms with Gasteiger partial charge in [0.1, 0.15) is 45.5 Å². The predicted octanol–water partition coefficient (Wildman–Crippen LogP) is 9.60. The molecule has 2 atom stereocenters. The molecule has 0 saturated carbocycles. The molecule has 0 radical (unpaired) electrons. The Bertz CT molecular complexity index is 1720. The molecule has 0 aliphatic rings. The van der Waals surface area contributed by atoms with E-state index in [2.05, 4.69) is 104 Å². The minimum absolute atomic E-state index is 0.110. The molecule has 14 heteroatoms. The molecule has 2 unspecified atom stereocenters. The van der Waals surface area contributed by atoms with Crippen LogP contribution < -0.4 is 15.4 Å². The number of thiophene rings is 2. The largest absolute Gasteiger partial charge is 0.508 e. The number of halogens is 3. The van der Waals surface area contributed by atoms with Crippen molar-refractivity contribution < 1.29 is 9.84 Å². The molecule has 0 bridgehead atoms. The molecular weight excluding hydrogens is 779 g/mol. The van der Waals surface area contributed by atoms with E-state index in [9.17, 15) is 5.11 Å². The van der Waals surface area contributed by atoms with Crippen molar-refractivity contribution in [2.75, 3.05) is 17.7 Å². The van der Waals surface area contributed by atoms with Crippen molar-refractivity contribution in [2.45, 2.75) is 25.9 Å². The lowest BCUT2D eigenvalue weighted by Crippen LogP contribution is -2.08. The molecule has 0 aliphatic heterocycles. The smallest absolute Gasteiger partial charge is 0.369 e. The number of hydrogen-bond donors (Lipinski definition) is 3. The second-order valence-corrected chi connectivity index (χ2v) is 17.3. The highest BCUT2D eigenvalue weighted by Crippen LogP contribution is 2.29. The Labute approximate surface area is 283 Å². The second kappa shape index (κ2) is 16.3. The van der Waals surface area contributed by atoms with Crippen LogP contribution in [-0.4, -0.2) is 35.3 Å². The van der Waals surface area contributed by atoms with Crippen molar-refractivity contribution in [1.29, 1.82) is 0 Å². The van der Waals surface area contributed by atoms with Crippen LogP contribution in [0.2, 0.25) is 0 Å². The van der Waals surface area contributed by atoms with Crippen LogP contribution in [-0.2, 0) is 0 Å². The minimum atomic E-state index is 0.110. The molecule has 0 spiro atoms. The number of anilines is 2. The molecule has 4 heterocycles. The first-order valence-electron chi connectivity index (χ1n) is 13.0. The SMILES string of the molecule is BrB(Br)Br.CC(Nc1ncnc2sccc12)c1ccc(O)cc1.COc1ccc(C(C)Nc2ncnc3sccc23)cc1. The normalized spacial score (nSPS) is 11.9. The first-order chi connectivity index (χ1) is 20.7. The molecule has 8 nitrogen and oxygen atoms in total. The molecule has 222 valence electrons. The van der Waals surface area contributed by atoms with Gasteiger partial charge in [-0.25, -0.2) is 19.9 Å². The quantitative estimate of drug-likeness (QED) is 0.137. The summed E-state index contributed by atoms with van der Waals surface area (Å²) in [5, 5.41) is 22.3. The number of ether oxygens (including phenoxy) is 1. The fraction of sp³-hybridized carbons (Fsp3) is 0.172. The molecule has 0 amide bonds. The van der Waals surface area contributed by atoms with Crippen molar-refractivity contribution >= 4 is 105 Å². The van der Waals surface area contributed by atoms with Gasteiger partial charge >= 0.3 is 3.18 Å². The Kier molecular flexibility index (Phi) is 12.6. The number of benzene rings is 2. The molecule has 0 aliphatic carbocycles. The monoisotopic (exact) mass is 804 g/mol. The summed E-state index contributed by atoms with van der Waals surface area (Å²) in [4.78, 5) is 19.1. The van der Waals surface area contributed by atoms with Crippen LogP contribution in [0.25, 0.3) is 20.4 Å². The zero-order valence-corrected chi connectivity index (χ0v) is 29.8. The molecule has 2 aromatic carbocycles. The van der Waals surface area contributed by atoms with Crippen molar-refractivity contribution in [3.8, 4) is 11.5 Å². The number of hydrogen-bond acceptors (Lipinski definition) is 10. The third kappa shape index (κ3) is 9.61. The maximum Gasteiger partial charge on any atom is 0.369 e. The summed E-state index contributed by atoms with van der Waals surface area (Å²) >= 11 is 12.5. The van der Waals surface area contributed by atoms with Gasteiger partial charge in [-0.3, -0.25) is 0 Å². The fourth-order valence-corrected chi connectivity index (χ4v) is 5.51. The van der Waals surface area contributed by atoms with Crippen molar-refractivity contribution in [3.05, 3.63) is 95.2 Å². The molecule has 43 heavy (non-hydrogen) atoms. The summed E-state index contributed by atoms with van der Waals surface area (Å²) in [6, 6.07) is 19.6. The van der Waals surface area contributed by atoms with E-state index in [0.717, 1.165) is 43.4 Å². The lowest BCUT2D eigenvalue weighted by atomic mass is 10.1. The van der Waals surface area contributed by atoms with Crippen LogP contribution in [0.5, 0.6) is 11.5 Å². The van der Waals surface area contributed by atoms with E-state index in [1.54, 1.807) is 54.6 Å². The summed E-state index contributed by atoms with van der Waals surface area (Å²) in [6.45, 7) is 4.18. The Morgan fingerprint density at radius 3 is 1.53 bits per heavy atom. The summed E-state index contributed by atoms with van der Waals surface area (Å²) in [5.41, 5.74) is 2.28. The van der Waals surface area contributed by atoms with Crippen molar-refractivity contribution in [3.63, 3.8) is 0 Å². The van der Waals surface area contributed by atoms with E-state index >= 15 is 0 Å². The lowest BCUT2D eigenvalue weighted by Gasteiger charge is -2.15. The lowest BCUT2D eigenvalue weighted by molar-refractivity contribution is 0.414. The molecule has 6 rings (SSSR count). The number of nitrogens with zero attached hydrogens (tertiary/aromatic N) is 4. The van der Waals surface area contributed by atoms with Gasteiger partial charge in [0.2, 0.25) is 0 Å². The summed E-state index contributed by atoms with van der Waals surface area (Å²) in [7, 11) is 1.67. The molecule has 4 aromatic heterocycles. The van der Waals surface area contributed by atoms with E-state index in [-0.39, 0.29) is 21.0 Å². The summed E-state index contributed by atoms with van der Waals surface area (Å²) < 4.78 is 5.45. The fourth-order valence-electron chi connectivity index (χ4n) is 4.04. The van der Waals surface area contributed by atoms with Crippen LogP contribution in [0.4, 0.5) is 11.6 Å². The zero-order chi connectivity index (χ0) is 30.8. The third-order valence-corrected chi connectivity index (χ3v) is 7.88. The van der Waals surface area contributed by atoms with Gasteiger partial charge in [-0.15, -0.1) is 69.9 Å². The van der Waals surface area contributed by atoms with E-state index in [4.69, 9.17) is 4.74 Å². The van der Waals surface area contributed by atoms with E-state index in [1.165, 1.54) is 5.56 Å². The van der Waals surface area contributed by atoms with E-state index in [0.29, 0.717) is 0 Å². The maximum atomic E-state index is 9.30. The first kappa shape index (κ1) is 33.1. The van der Waals surface area contributed by atoms with Crippen LogP contribution in [0.1, 0.15) is 37.1 Å². The number of aromatic hydroxyl groups is 1. The summed E-state index contributed by atoms with van der Waals surface area (Å²) in [5.74, 6) is 2.85. The van der Waals surface area contributed by atoms with Crippen LogP contribution in [0.3, 0.4) is 0 Å². The molecule has 0 fully saturated rings. The minimum Gasteiger partial charge on any atom is -0.508 e. The Morgan fingerprint density at radius 1 is 0.698 bits per heavy atom. The van der Waals surface area contributed by atoms with Gasteiger partial charge in [0.25, 0.3) is 0 Å². The Hall–Kier alpha value is -2.78. The number of phenols is 1. The number of methoxy groups -OCH3 is 1. The first-order valence-corrected chi connectivity index (χ1v) is 17.5. The highest BCUT2D eigenvalue weighted by atomic mass is 79.9. The van der Waals surface area contributed by atoms with Crippen molar-refractivity contribution in [1.82, 2.24) is 19.9 Å². The number of rotatable bonds is 7. The number of nitrogens with one attached hydrogen (secondary N) is 2. The maximum absolute atomic E-state index is 9.30. The van der Waals surface area contributed by atoms with Gasteiger partial charge in [0.05, 0.1) is 17.9 Å². The van der Waals surface area contributed by atoms with Crippen LogP contribution in [0.15, 0.2) is 84.1 Å². The van der Waals surface area contributed by atoms with Gasteiger partial charge < -0.3 is 20.5 Å². The molecular formula is C29H28BBr3N6O2S2. The zero-order valence-electron chi connectivity index (χ0n) is 23.4. The number of fused-ring (bicyclic) bond motifs is 2. The van der Waals surface area contributed by atoms with Gasteiger partial charge in [-0.2, -0.15) is 0 Å². The Morgan fingerprint density at radius 2 is 1.12 bits per heavy atom. The molecule has 3 N–H and O–H groups in total. The standard InChI is InChI=1S/C15H15N3OS.C14H13N3OS.BBr3/c1-10(11-3-5-12(19-2)6-4-11)18-14-13-7-8-20-15(13)17-9-16-14;1-9(10-2-4-11(18)5-3-10)17-13-12-6-7-19-14(12)16-8-15-13;2-1(3)4/h3-10H,1-2H3,(H,16,17,18);2-9,18H,1H3,(H,15,16,17);. The number of phenolic OH excluding ortho intramolecular Hbond substituents is 1. The molecule has 0 saturated heterocycles. The van der Waals surface area contributed by atoms with Crippen LogP contribution >= 0.6 is 69.9 Å². The second-order valence-electron chi connectivity index (χ2n) is 9.07. The summed E-state index contributed by atoms with van der Waals surface area (Å²) in [6.07, 6.45) is 3.17. The highest BCUT2D eigenvalue weighted by Gasteiger charge is 2.11. The average Bonchev–Trinajstić information content (AvgIpc) is 3.69. The number of aromatic nitrogens is 4. The van der Waals surface area contributed by atoms with Crippen molar-refractivity contribution in [2.24, 2.45) is 0 Å². The molecule has 6 aromatic rings. The van der Waals surface area contributed by atoms with Gasteiger partial charge in [-0.05, 0) is 72.1 Å². The highest BCUT2D eigenvalue weighted by molar-refractivity contribution is 9.69. The predicted molar refractivity (Wildman–Crippen MR) is 193 cm³/mol. The third-order valence-electron chi connectivity index (χ3n) is 6.24. The van der Waals surface area contributed by atoms with E-state index < -0.39 is 0 Å². The Balaban J connectivity index is 0.000000176. The van der Waals surface area contributed by atoms with Gasteiger partial charge in [0, 0.05) is 12.1 Å². The van der Waals surface area contributed by atoms with Crippen LogP contribution in [0, 0.1) is 0 Å².